The molecule has 2 aromatic rings. The number of nitro groups is 1. The Kier molecular flexibility index (Phi) is 4.75. The summed E-state index contributed by atoms with van der Waals surface area (Å²) >= 11 is 0. The summed E-state index contributed by atoms with van der Waals surface area (Å²) < 4.78 is 5.16. The number of nitro benzene ring substituents is 1. The number of rotatable bonds is 5. The van der Waals surface area contributed by atoms with Crippen LogP contribution in [-0.4, -0.2) is 23.1 Å². The molecule has 0 aliphatic heterocycles. The lowest BCUT2D eigenvalue weighted by Gasteiger charge is -2.08. The minimum absolute atomic E-state index is 0.0423. The molecular formula is C17H15NO5. The van der Waals surface area contributed by atoms with E-state index in [4.69, 9.17) is 4.74 Å². The number of non-ortho nitro benzene ring substituents is 1. The van der Waals surface area contributed by atoms with Crippen LogP contribution in [0.5, 0.6) is 5.75 Å². The predicted molar refractivity (Wildman–Crippen MR) is 86.3 cm³/mol. The summed E-state index contributed by atoms with van der Waals surface area (Å²) in [5, 5.41) is 20.1. The fourth-order valence-electron chi connectivity index (χ4n) is 2.17. The molecule has 118 valence electrons. The van der Waals surface area contributed by atoms with E-state index in [0.717, 1.165) is 5.56 Å². The Morgan fingerprint density at radius 3 is 2.35 bits per heavy atom. The van der Waals surface area contributed by atoms with Gasteiger partial charge in [0.2, 0.25) is 0 Å². The van der Waals surface area contributed by atoms with Crippen LogP contribution < -0.4 is 4.74 Å². The third kappa shape index (κ3) is 3.74. The molecule has 23 heavy (non-hydrogen) atoms. The van der Waals surface area contributed by atoms with Gasteiger partial charge in [-0.25, -0.2) is 4.79 Å². The van der Waals surface area contributed by atoms with Crippen molar-refractivity contribution < 1.29 is 19.6 Å². The Labute approximate surface area is 132 Å². The fourth-order valence-corrected chi connectivity index (χ4v) is 2.17. The molecular weight excluding hydrogens is 298 g/mol. The molecule has 0 saturated carbocycles. The maximum atomic E-state index is 11.5. The maximum Gasteiger partial charge on any atom is 0.336 e. The molecule has 0 bridgehead atoms. The van der Waals surface area contributed by atoms with Crippen LogP contribution in [0.15, 0.2) is 42.5 Å². The first kappa shape index (κ1) is 16.2. The van der Waals surface area contributed by atoms with Crippen molar-refractivity contribution >= 4 is 23.3 Å². The number of carboxylic acids is 1. The second-order valence-corrected chi connectivity index (χ2v) is 4.90. The Hall–Kier alpha value is -3.15. The van der Waals surface area contributed by atoms with E-state index in [1.165, 1.54) is 30.3 Å². The van der Waals surface area contributed by atoms with Crippen LogP contribution in [0.25, 0.3) is 11.6 Å². The molecule has 6 heteroatoms. The first-order valence-electron chi connectivity index (χ1n) is 6.77. The van der Waals surface area contributed by atoms with Crippen molar-refractivity contribution in [2.24, 2.45) is 0 Å². The number of ether oxygens (including phenoxy) is 1. The minimum atomic E-state index is -1.08. The molecule has 2 rings (SSSR count). The normalized spacial score (nSPS) is 11.1. The second-order valence-electron chi connectivity index (χ2n) is 4.90. The highest BCUT2D eigenvalue weighted by Crippen LogP contribution is 2.25. The summed E-state index contributed by atoms with van der Waals surface area (Å²) in [7, 11) is 1.55. The van der Waals surface area contributed by atoms with Gasteiger partial charge in [-0.1, -0.05) is 6.07 Å². The molecule has 0 amide bonds. The number of benzene rings is 2. The molecule has 6 nitrogen and oxygen atoms in total. The standard InChI is InChI=1S/C17H15NO5/c1-11-9-13(5-8-16(11)23-2)15(17(19)20)10-12-3-6-14(7-4-12)18(21)22/h3-10H,1-2H3,(H,19,20)/b15-10-. The first-order valence-corrected chi connectivity index (χ1v) is 6.77. The van der Waals surface area contributed by atoms with Gasteiger partial charge in [0.15, 0.2) is 0 Å². The number of methoxy groups -OCH3 is 1. The van der Waals surface area contributed by atoms with Gasteiger partial charge in [0.1, 0.15) is 5.75 Å². The molecule has 0 radical (unpaired) electrons. The molecule has 1 N–H and O–H groups in total. The number of hydrogen-bond acceptors (Lipinski definition) is 4. The second kappa shape index (κ2) is 6.74. The van der Waals surface area contributed by atoms with Crippen LogP contribution in [0.3, 0.4) is 0 Å². The summed E-state index contributed by atoms with van der Waals surface area (Å²) in [6, 6.07) is 10.8. The summed E-state index contributed by atoms with van der Waals surface area (Å²) in [5.74, 6) is -0.401. The van der Waals surface area contributed by atoms with Crippen molar-refractivity contribution in [3.63, 3.8) is 0 Å². The van der Waals surface area contributed by atoms with Crippen molar-refractivity contribution in [1.82, 2.24) is 0 Å². The lowest BCUT2D eigenvalue weighted by atomic mass is 10.0. The van der Waals surface area contributed by atoms with Crippen LogP contribution in [0.1, 0.15) is 16.7 Å². The monoisotopic (exact) mass is 313 g/mol. The van der Waals surface area contributed by atoms with Gasteiger partial charge in [0.25, 0.3) is 5.69 Å². The van der Waals surface area contributed by atoms with Gasteiger partial charge in [0, 0.05) is 12.1 Å². The molecule has 0 fully saturated rings. The van der Waals surface area contributed by atoms with Crippen LogP contribution in [0.2, 0.25) is 0 Å². The largest absolute Gasteiger partial charge is 0.496 e. The van der Waals surface area contributed by atoms with E-state index in [1.807, 2.05) is 6.92 Å². The predicted octanol–water partition coefficient (Wildman–Crippen LogP) is 3.54. The topological polar surface area (TPSA) is 89.7 Å². The van der Waals surface area contributed by atoms with E-state index in [1.54, 1.807) is 25.3 Å². The van der Waals surface area contributed by atoms with E-state index in [9.17, 15) is 20.0 Å². The zero-order valence-electron chi connectivity index (χ0n) is 12.6. The summed E-state index contributed by atoms with van der Waals surface area (Å²) in [4.78, 5) is 21.7. The highest BCUT2D eigenvalue weighted by atomic mass is 16.6. The zero-order valence-corrected chi connectivity index (χ0v) is 12.6. The van der Waals surface area contributed by atoms with Crippen LogP contribution in [0.4, 0.5) is 5.69 Å². The Balaban J connectivity index is 2.43. The van der Waals surface area contributed by atoms with Crippen molar-refractivity contribution in [2.75, 3.05) is 7.11 Å². The molecule has 0 atom stereocenters. The lowest BCUT2D eigenvalue weighted by Crippen LogP contribution is -2.00. The van der Waals surface area contributed by atoms with Gasteiger partial charge in [-0.15, -0.1) is 0 Å². The average molecular weight is 313 g/mol. The molecule has 0 saturated heterocycles. The Bertz CT molecular complexity index is 778. The molecule has 0 aliphatic carbocycles. The van der Waals surface area contributed by atoms with Crippen molar-refractivity contribution in [3.8, 4) is 5.75 Å². The zero-order chi connectivity index (χ0) is 17.0. The van der Waals surface area contributed by atoms with Crippen LogP contribution in [-0.2, 0) is 4.79 Å². The number of aryl methyl sites for hydroxylation is 1. The average Bonchev–Trinajstić information content (AvgIpc) is 2.52. The van der Waals surface area contributed by atoms with Gasteiger partial charge in [-0.3, -0.25) is 10.1 Å². The van der Waals surface area contributed by atoms with Gasteiger partial charge < -0.3 is 9.84 Å². The molecule has 0 aliphatic rings. The Morgan fingerprint density at radius 2 is 1.87 bits per heavy atom. The van der Waals surface area contributed by atoms with Gasteiger partial charge in [0.05, 0.1) is 17.6 Å². The summed E-state index contributed by atoms with van der Waals surface area (Å²) in [6.07, 6.45) is 1.48. The van der Waals surface area contributed by atoms with Gasteiger partial charge in [-0.05, 0) is 54.0 Å². The maximum absolute atomic E-state index is 11.5. The molecule has 2 aromatic carbocycles. The van der Waals surface area contributed by atoms with Crippen LogP contribution in [0, 0.1) is 17.0 Å². The number of aliphatic carboxylic acids is 1. The van der Waals surface area contributed by atoms with E-state index in [-0.39, 0.29) is 11.3 Å². The van der Waals surface area contributed by atoms with Crippen molar-refractivity contribution in [3.05, 3.63) is 69.3 Å². The minimum Gasteiger partial charge on any atom is -0.496 e. The highest BCUT2D eigenvalue weighted by molar-refractivity contribution is 6.20. The number of carboxylic acid groups (broad SMARTS) is 1. The third-order valence-electron chi connectivity index (χ3n) is 3.35. The van der Waals surface area contributed by atoms with Gasteiger partial charge in [-0.2, -0.15) is 0 Å². The number of hydrogen-bond donors (Lipinski definition) is 1. The molecule has 0 aromatic heterocycles. The molecule has 0 unspecified atom stereocenters. The molecule has 0 heterocycles. The fraction of sp³-hybridized carbons (Fsp3) is 0.118. The van der Waals surface area contributed by atoms with Crippen molar-refractivity contribution in [2.45, 2.75) is 6.92 Å². The molecule has 0 spiro atoms. The third-order valence-corrected chi connectivity index (χ3v) is 3.35. The van der Waals surface area contributed by atoms with Gasteiger partial charge >= 0.3 is 5.97 Å². The smallest absolute Gasteiger partial charge is 0.336 e. The van der Waals surface area contributed by atoms with E-state index in [0.29, 0.717) is 16.9 Å². The Morgan fingerprint density at radius 1 is 1.22 bits per heavy atom. The lowest BCUT2D eigenvalue weighted by molar-refractivity contribution is -0.384. The summed E-state index contributed by atoms with van der Waals surface area (Å²) in [6.45, 7) is 1.83. The first-order chi connectivity index (χ1) is 10.9. The van der Waals surface area contributed by atoms with Crippen LogP contribution >= 0.6 is 0 Å². The SMILES string of the molecule is COc1ccc(/C(=C/c2ccc([N+](=O)[O-])cc2)C(=O)O)cc1C. The number of carbonyl (C=O) groups is 1. The van der Waals surface area contributed by atoms with Crippen molar-refractivity contribution in [1.29, 1.82) is 0 Å². The van der Waals surface area contributed by atoms with E-state index < -0.39 is 10.9 Å². The highest BCUT2D eigenvalue weighted by Gasteiger charge is 2.13. The summed E-state index contributed by atoms with van der Waals surface area (Å²) in [5.41, 5.74) is 1.99. The van der Waals surface area contributed by atoms with E-state index >= 15 is 0 Å². The van der Waals surface area contributed by atoms with E-state index in [2.05, 4.69) is 0 Å². The number of nitrogens with zero attached hydrogens (tertiary/aromatic N) is 1. The quantitative estimate of drug-likeness (QED) is 0.394.